The molecule has 0 radical (unpaired) electrons. The summed E-state index contributed by atoms with van der Waals surface area (Å²) in [5.74, 6) is 2.63. The maximum absolute atomic E-state index is 12.2. The third-order valence-corrected chi connectivity index (χ3v) is 6.16. The van der Waals surface area contributed by atoms with Crippen molar-refractivity contribution in [2.45, 2.75) is 26.4 Å². The van der Waals surface area contributed by atoms with Crippen molar-refractivity contribution < 1.29 is 14.3 Å². The van der Waals surface area contributed by atoms with Crippen LogP contribution in [0.3, 0.4) is 0 Å². The molecule has 178 valence electrons. The summed E-state index contributed by atoms with van der Waals surface area (Å²) in [6, 6.07) is 18.1. The Kier molecular flexibility index (Phi) is 7.75. The predicted octanol–water partition coefficient (Wildman–Crippen LogP) is 3.95. The zero-order valence-electron chi connectivity index (χ0n) is 20.2. The normalized spacial score (nSPS) is 13.7. The molecule has 1 amide bonds. The topological polar surface area (TPSA) is 67.8 Å². The fraction of sp³-hybridized carbons (Fsp3) is 0.370. The van der Waals surface area contributed by atoms with Gasteiger partial charge in [0.05, 0.1) is 19.4 Å². The maximum Gasteiger partial charge on any atom is 0.222 e. The highest BCUT2D eigenvalue weighted by Crippen LogP contribution is 2.29. The molecule has 0 aliphatic carbocycles. The molecule has 1 aliphatic heterocycles. The van der Waals surface area contributed by atoms with Crippen molar-refractivity contribution in [3.63, 3.8) is 0 Å². The molecule has 2 aromatic carbocycles. The van der Waals surface area contributed by atoms with E-state index in [0.29, 0.717) is 38.4 Å². The van der Waals surface area contributed by atoms with Gasteiger partial charge >= 0.3 is 0 Å². The first kappa shape index (κ1) is 23.7. The fourth-order valence-electron chi connectivity index (χ4n) is 4.27. The number of anilines is 1. The minimum atomic E-state index is 0.200. The molecule has 34 heavy (non-hydrogen) atoms. The van der Waals surface area contributed by atoms with Crippen LogP contribution in [-0.4, -0.2) is 61.2 Å². The summed E-state index contributed by atoms with van der Waals surface area (Å²) in [6.45, 7) is 5.17. The van der Waals surface area contributed by atoms with Crippen LogP contribution >= 0.6 is 0 Å². The minimum absolute atomic E-state index is 0.200. The van der Waals surface area contributed by atoms with E-state index in [0.717, 1.165) is 47.0 Å². The largest absolute Gasteiger partial charge is 0.497 e. The number of carbonyl (C=O) groups excluding carboxylic acids is 1. The predicted molar refractivity (Wildman–Crippen MR) is 133 cm³/mol. The monoisotopic (exact) mass is 460 g/mol. The molecule has 0 spiro atoms. The molecule has 0 atom stereocenters. The number of piperazine rings is 1. The van der Waals surface area contributed by atoms with E-state index in [9.17, 15) is 4.79 Å². The molecule has 1 saturated heterocycles. The summed E-state index contributed by atoms with van der Waals surface area (Å²) < 4.78 is 10.9. The van der Waals surface area contributed by atoms with Crippen molar-refractivity contribution in [1.82, 2.24) is 14.9 Å². The fourth-order valence-corrected chi connectivity index (χ4v) is 4.27. The summed E-state index contributed by atoms with van der Waals surface area (Å²) in [5, 5.41) is 0. The Bertz CT molecular complexity index is 1090. The number of amides is 1. The summed E-state index contributed by atoms with van der Waals surface area (Å²) in [4.78, 5) is 26.4. The highest BCUT2D eigenvalue weighted by molar-refractivity contribution is 5.76. The van der Waals surface area contributed by atoms with Crippen molar-refractivity contribution in [3.8, 4) is 17.1 Å². The van der Waals surface area contributed by atoms with Crippen molar-refractivity contribution in [2.75, 3.05) is 45.3 Å². The van der Waals surface area contributed by atoms with Crippen molar-refractivity contribution >= 4 is 11.7 Å². The number of aromatic nitrogens is 2. The number of rotatable bonds is 8. The molecule has 1 fully saturated rings. The summed E-state index contributed by atoms with van der Waals surface area (Å²) in [6.07, 6.45) is 1.22. The molecular weight excluding hydrogens is 428 g/mol. The quantitative estimate of drug-likeness (QED) is 0.507. The molecule has 1 aromatic heterocycles. The van der Waals surface area contributed by atoms with E-state index in [1.165, 1.54) is 0 Å². The van der Waals surface area contributed by atoms with Crippen LogP contribution in [0.4, 0.5) is 5.82 Å². The van der Waals surface area contributed by atoms with Gasteiger partial charge < -0.3 is 19.3 Å². The number of carbonyl (C=O) groups is 1. The van der Waals surface area contributed by atoms with E-state index < -0.39 is 0 Å². The van der Waals surface area contributed by atoms with E-state index in [2.05, 4.69) is 17.0 Å². The number of hydrogen-bond donors (Lipinski definition) is 0. The zero-order chi connectivity index (χ0) is 23.9. The molecule has 4 rings (SSSR count). The van der Waals surface area contributed by atoms with Gasteiger partial charge in [-0.2, -0.15) is 0 Å². The van der Waals surface area contributed by atoms with Crippen LogP contribution in [0, 0.1) is 0 Å². The Labute approximate surface area is 201 Å². The van der Waals surface area contributed by atoms with E-state index in [4.69, 9.17) is 19.4 Å². The summed E-state index contributed by atoms with van der Waals surface area (Å²) in [7, 11) is 3.36. The van der Waals surface area contributed by atoms with Gasteiger partial charge in [-0.05, 0) is 17.7 Å². The first-order chi connectivity index (χ1) is 16.6. The Balaban J connectivity index is 1.74. The lowest BCUT2D eigenvalue weighted by molar-refractivity contribution is -0.131. The van der Waals surface area contributed by atoms with Gasteiger partial charge in [-0.15, -0.1) is 0 Å². The molecule has 0 N–H and O–H groups in total. The van der Waals surface area contributed by atoms with Gasteiger partial charge in [0, 0.05) is 57.3 Å². The van der Waals surface area contributed by atoms with E-state index in [-0.39, 0.29) is 5.91 Å². The molecule has 2 heterocycles. The van der Waals surface area contributed by atoms with Gasteiger partial charge in [-0.25, -0.2) is 9.97 Å². The lowest BCUT2D eigenvalue weighted by Crippen LogP contribution is -2.49. The SMILES string of the molecule is CCC(=O)N1CCN(c2nc(-c3ccccc3)nc(COC)c2Cc2ccc(OC)cc2)CC1. The molecule has 1 aliphatic rings. The molecule has 0 saturated carbocycles. The van der Waals surface area contributed by atoms with Crippen LogP contribution < -0.4 is 9.64 Å². The standard InChI is InChI=1S/C27H32N4O3/c1-4-25(32)30-14-16-31(17-15-30)27-23(18-20-10-12-22(34-3)13-11-20)24(19-33-2)28-26(29-27)21-8-6-5-7-9-21/h5-13H,4,14-19H2,1-3H3. The van der Waals surface area contributed by atoms with E-state index in [1.54, 1.807) is 14.2 Å². The van der Waals surface area contributed by atoms with Crippen LogP contribution in [0.2, 0.25) is 0 Å². The number of methoxy groups -OCH3 is 2. The number of ether oxygens (including phenoxy) is 2. The molecule has 0 unspecified atom stereocenters. The molecule has 7 nitrogen and oxygen atoms in total. The third kappa shape index (κ3) is 5.37. The molecule has 0 bridgehead atoms. The van der Waals surface area contributed by atoms with E-state index >= 15 is 0 Å². The Morgan fingerprint density at radius 1 is 0.941 bits per heavy atom. The Morgan fingerprint density at radius 2 is 1.65 bits per heavy atom. The van der Waals surface area contributed by atoms with Crippen molar-refractivity contribution in [1.29, 1.82) is 0 Å². The third-order valence-electron chi connectivity index (χ3n) is 6.16. The lowest BCUT2D eigenvalue weighted by atomic mass is 10.0. The first-order valence-electron chi connectivity index (χ1n) is 11.7. The zero-order valence-corrected chi connectivity index (χ0v) is 20.2. The second kappa shape index (κ2) is 11.1. The van der Waals surface area contributed by atoms with E-state index in [1.807, 2.05) is 54.3 Å². The number of benzene rings is 2. The van der Waals surface area contributed by atoms with Gasteiger partial charge in [0.25, 0.3) is 0 Å². The Hall–Kier alpha value is -3.45. The van der Waals surface area contributed by atoms with Gasteiger partial charge in [-0.3, -0.25) is 4.79 Å². The van der Waals surface area contributed by atoms with Gasteiger partial charge in [-0.1, -0.05) is 49.4 Å². The van der Waals surface area contributed by atoms with Crippen molar-refractivity contribution in [3.05, 3.63) is 71.4 Å². The number of hydrogen-bond acceptors (Lipinski definition) is 6. The second-order valence-electron chi connectivity index (χ2n) is 8.34. The van der Waals surface area contributed by atoms with Crippen molar-refractivity contribution in [2.24, 2.45) is 0 Å². The molecule has 3 aromatic rings. The lowest BCUT2D eigenvalue weighted by Gasteiger charge is -2.36. The average molecular weight is 461 g/mol. The van der Waals surface area contributed by atoms with Crippen LogP contribution in [0.15, 0.2) is 54.6 Å². The first-order valence-corrected chi connectivity index (χ1v) is 11.7. The average Bonchev–Trinajstić information content (AvgIpc) is 2.90. The molecular formula is C27H32N4O3. The van der Waals surface area contributed by atoms with Gasteiger partial charge in [0.2, 0.25) is 5.91 Å². The maximum atomic E-state index is 12.2. The smallest absolute Gasteiger partial charge is 0.222 e. The minimum Gasteiger partial charge on any atom is -0.497 e. The Morgan fingerprint density at radius 3 is 2.26 bits per heavy atom. The highest BCUT2D eigenvalue weighted by atomic mass is 16.5. The van der Waals surface area contributed by atoms with Crippen LogP contribution in [0.25, 0.3) is 11.4 Å². The summed E-state index contributed by atoms with van der Waals surface area (Å²) >= 11 is 0. The van der Waals surface area contributed by atoms with Crippen LogP contribution in [0.5, 0.6) is 5.75 Å². The second-order valence-corrected chi connectivity index (χ2v) is 8.34. The van der Waals surface area contributed by atoms with Gasteiger partial charge in [0.15, 0.2) is 5.82 Å². The van der Waals surface area contributed by atoms with Gasteiger partial charge in [0.1, 0.15) is 11.6 Å². The highest BCUT2D eigenvalue weighted by Gasteiger charge is 2.25. The van der Waals surface area contributed by atoms with Crippen LogP contribution in [0.1, 0.15) is 30.2 Å². The number of nitrogens with zero attached hydrogens (tertiary/aromatic N) is 4. The molecule has 7 heteroatoms. The van der Waals surface area contributed by atoms with Crippen LogP contribution in [-0.2, 0) is 22.6 Å². The summed E-state index contributed by atoms with van der Waals surface area (Å²) in [5.41, 5.74) is 4.06.